The molecule has 0 atom stereocenters. The summed E-state index contributed by atoms with van der Waals surface area (Å²) in [5, 5.41) is 15.8. The number of hydrogen-bond acceptors (Lipinski definition) is 6. The van der Waals surface area contributed by atoms with E-state index in [1.165, 1.54) is 16.9 Å². The van der Waals surface area contributed by atoms with Gasteiger partial charge in [0, 0.05) is 22.7 Å². The average molecular weight is 399 g/mol. The quantitative estimate of drug-likeness (QED) is 0.356. The SMILES string of the molecule is CCc1ccc(NC=C(C#N)c2nc(-c3cc4ccccc4oc3=O)cs2)cc1. The Morgan fingerprint density at radius 3 is 2.79 bits per heavy atom. The van der Waals surface area contributed by atoms with Crippen LogP contribution in [0.5, 0.6) is 0 Å². The predicted molar refractivity (Wildman–Crippen MR) is 117 cm³/mol. The van der Waals surface area contributed by atoms with Crippen LogP contribution in [-0.2, 0) is 6.42 Å². The lowest BCUT2D eigenvalue weighted by atomic mass is 10.1. The van der Waals surface area contributed by atoms with Gasteiger partial charge in [0.1, 0.15) is 22.2 Å². The van der Waals surface area contributed by atoms with Gasteiger partial charge in [-0.3, -0.25) is 0 Å². The fraction of sp³-hybridized carbons (Fsp3) is 0.0870. The summed E-state index contributed by atoms with van der Waals surface area (Å²) < 4.78 is 5.38. The second kappa shape index (κ2) is 8.13. The summed E-state index contributed by atoms with van der Waals surface area (Å²) >= 11 is 1.31. The second-order valence-electron chi connectivity index (χ2n) is 6.39. The maximum absolute atomic E-state index is 12.4. The minimum Gasteiger partial charge on any atom is -0.422 e. The van der Waals surface area contributed by atoms with Crippen molar-refractivity contribution in [2.75, 3.05) is 5.32 Å². The second-order valence-corrected chi connectivity index (χ2v) is 7.25. The molecule has 29 heavy (non-hydrogen) atoms. The third-order valence-corrected chi connectivity index (χ3v) is 5.39. The fourth-order valence-corrected chi connectivity index (χ4v) is 3.68. The van der Waals surface area contributed by atoms with Crippen LogP contribution < -0.4 is 10.9 Å². The molecule has 4 rings (SSSR count). The normalized spacial score (nSPS) is 11.4. The molecule has 0 bridgehead atoms. The highest BCUT2D eigenvalue weighted by Crippen LogP contribution is 2.26. The molecule has 0 saturated carbocycles. The number of allylic oxidation sites excluding steroid dienone is 1. The van der Waals surface area contributed by atoms with E-state index >= 15 is 0 Å². The van der Waals surface area contributed by atoms with E-state index in [2.05, 4.69) is 23.3 Å². The van der Waals surface area contributed by atoms with Crippen molar-refractivity contribution >= 4 is 33.6 Å². The standard InChI is InChI=1S/C23H17N3O2S/c1-2-15-7-9-18(10-8-15)25-13-17(12-24)22-26-20(14-29-22)19-11-16-5-3-4-6-21(16)28-23(19)27/h3-11,13-14,25H,2H2,1H3. The van der Waals surface area contributed by atoms with Crippen molar-refractivity contribution < 1.29 is 4.42 Å². The Bertz CT molecular complexity index is 1290. The van der Waals surface area contributed by atoms with Crippen LogP contribution in [0.25, 0.3) is 27.8 Å². The Hall–Kier alpha value is -3.69. The highest BCUT2D eigenvalue weighted by molar-refractivity contribution is 7.11. The number of thiazole rings is 1. The third-order valence-electron chi connectivity index (χ3n) is 4.52. The Labute approximate surface area is 171 Å². The molecule has 4 aromatic rings. The summed E-state index contributed by atoms with van der Waals surface area (Å²) in [5.41, 5.74) is 3.50. The van der Waals surface area contributed by atoms with Gasteiger partial charge in [0.25, 0.3) is 0 Å². The van der Waals surface area contributed by atoms with Gasteiger partial charge in [0.2, 0.25) is 0 Å². The lowest BCUT2D eigenvalue weighted by Gasteiger charge is -2.03. The largest absolute Gasteiger partial charge is 0.422 e. The molecule has 2 aromatic carbocycles. The summed E-state index contributed by atoms with van der Waals surface area (Å²) in [4.78, 5) is 16.8. The Kier molecular flexibility index (Phi) is 5.23. The number of nitrogens with zero attached hydrogens (tertiary/aromatic N) is 2. The van der Waals surface area contributed by atoms with Gasteiger partial charge in [-0.2, -0.15) is 5.26 Å². The predicted octanol–water partition coefficient (Wildman–Crippen LogP) is 5.46. The number of nitrogens with one attached hydrogen (secondary N) is 1. The Balaban J connectivity index is 1.62. The minimum absolute atomic E-state index is 0.381. The number of para-hydroxylation sites is 1. The number of aryl methyl sites for hydroxylation is 1. The van der Waals surface area contributed by atoms with Crippen LogP contribution in [0, 0.1) is 11.3 Å². The van der Waals surface area contributed by atoms with Gasteiger partial charge in [-0.1, -0.05) is 37.3 Å². The summed E-state index contributed by atoms with van der Waals surface area (Å²) in [5.74, 6) is 0. The van der Waals surface area contributed by atoms with Crippen LogP contribution in [0.2, 0.25) is 0 Å². The molecule has 0 aliphatic carbocycles. The molecule has 0 aliphatic rings. The average Bonchev–Trinajstić information content (AvgIpc) is 3.24. The molecular weight excluding hydrogens is 382 g/mol. The van der Waals surface area contributed by atoms with Crippen LogP contribution in [-0.4, -0.2) is 4.98 Å². The first-order valence-corrected chi connectivity index (χ1v) is 10.0. The number of benzene rings is 2. The first-order chi connectivity index (χ1) is 14.2. The van der Waals surface area contributed by atoms with E-state index in [-0.39, 0.29) is 0 Å². The third kappa shape index (κ3) is 3.96. The van der Waals surface area contributed by atoms with Crippen molar-refractivity contribution in [1.29, 1.82) is 5.26 Å². The topological polar surface area (TPSA) is 78.9 Å². The number of anilines is 1. The number of aromatic nitrogens is 1. The first-order valence-electron chi connectivity index (χ1n) is 9.13. The van der Waals surface area contributed by atoms with E-state index < -0.39 is 5.63 Å². The highest BCUT2D eigenvalue weighted by Gasteiger charge is 2.13. The maximum Gasteiger partial charge on any atom is 0.345 e. The van der Waals surface area contributed by atoms with Crippen molar-refractivity contribution in [2.45, 2.75) is 13.3 Å². The van der Waals surface area contributed by atoms with E-state index in [4.69, 9.17) is 4.42 Å². The number of hydrogen-bond donors (Lipinski definition) is 1. The highest BCUT2D eigenvalue weighted by atomic mass is 32.1. The van der Waals surface area contributed by atoms with Crippen molar-refractivity contribution in [3.05, 3.63) is 87.2 Å². The molecule has 0 unspecified atom stereocenters. The zero-order valence-electron chi connectivity index (χ0n) is 15.7. The molecule has 6 heteroatoms. The van der Waals surface area contributed by atoms with Crippen LogP contribution in [0.4, 0.5) is 5.69 Å². The van der Waals surface area contributed by atoms with Gasteiger partial charge in [-0.15, -0.1) is 11.3 Å². The summed E-state index contributed by atoms with van der Waals surface area (Å²) in [7, 11) is 0. The fourth-order valence-electron chi connectivity index (χ4n) is 2.90. The number of nitriles is 1. The number of rotatable bonds is 5. The van der Waals surface area contributed by atoms with Crippen LogP contribution in [0.3, 0.4) is 0 Å². The number of fused-ring (bicyclic) bond motifs is 1. The molecule has 0 spiro atoms. The van der Waals surface area contributed by atoms with Gasteiger partial charge >= 0.3 is 5.63 Å². The molecule has 0 amide bonds. The van der Waals surface area contributed by atoms with Crippen molar-refractivity contribution in [3.63, 3.8) is 0 Å². The smallest absolute Gasteiger partial charge is 0.345 e. The van der Waals surface area contributed by atoms with Crippen LogP contribution in [0.15, 0.2) is 75.4 Å². The van der Waals surface area contributed by atoms with E-state index in [9.17, 15) is 10.1 Å². The van der Waals surface area contributed by atoms with E-state index in [0.717, 1.165) is 17.5 Å². The molecule has 0 aliphatic heterocycles. The van der Waals surface area contributed by atoms with Gasteiger partial charge < -0.3 is 9.73 Å². The lowest BCUT2D eigenvalue weighted by molar-refractivity contribution is 0.563. The van der Waals surface area contributed by atoms with Crippen molar-refractivity contribution in [2.24, 2.45) is 0 Å². The zero-order chi connectivity index (χ0) is 20.2. The summed E-state index contributed by atoms with van der Waals surface area (Å²) in [6.45, 7) is 2.10. The van der Waals surface area contributed by atoms with E-state index in [1.807, 2.05) is 42.5 Å². The molecule has 1 N–H and O–H groups in total. The monoisotopic (exact) mass is 399 g/mol. The molecule has 0 saturated heterocycles. The van der Waals surface area contributed by atoms with Gasteiger partial charge in [-0.05, 0) is 36.2 Å². The van der Waals surface area contributed by atoms with Crippen molar-refractivity contribution in [3.8, 4) is 17.3 Å². The van der Waals surface area contributed by atoms with Gasteiger partial charge in [-0.25, -0.2) is 9.78 Å². The van der Waals surface area contributed by atoms with Crippen LogP contribution >= 0.6 is 11.3 Å². The summed E-state index contributed by atoms with van der Waals surface area (Å²) in [6.07, 6.45) is 2.61. The molecule has 2 aromatic heterocycles. The lowest BCUT2D eigenvalue weighted by Crippen LogP contribution is -2.02. The van der Waals surface area contributed by atoms with Gasteiger partial charge in [0.15, 0.2) is 0 Å². The molecule has 5 nitrogen and oxygen atoms in total. The maximum atomic E-state index is 12.4. The molecule has 0 radical (unpaired) electrons. The van der Waals surface area contributed by atoms with Gasteiger partial charge in [0.05, 0.1) is 11.3 Å². The van der Waals surface area contributed by atoms with E-state index in [0.29, 0.717) is 27.4 Å². The molecule has 0 fully saturated rings. The summed E-state index contributed by atoms with van der Waals surface area (Å²) in [6, 6.07) is 19.3. The first kappa shape index (κ1) is 18.7. The Morgan fingerprint density at radius 1 is 1.24 bits per heavy atom. The molecular formula is C23H17N3O2S. The minimum atomic E-state index is -0.447. The molecule has 142 valence electrons. The zero-order valence-corrected chi connectivity index (χ0v) is 16.5. The Morgan fingerprint density at radius 2 is 2.03 bits per heavy atom. The van der Waals surface area contributed by atoms with E-state index in [1.54, 1.807) is 23.7 Å². The van der Waals surface area contributed by atoms with Crippen LogP contribution in [0.1, 0.15) is 17.5 Å². The molecule has 2 heterocycles. The van der Waals surface area contributed by atoms with Crippen molar-refractivity contribution in [1.82, 2.24) is 4.98 Å².